The molecule has 2 rings (SSSR count). The Morgan fingerprint density at radius 3 is 2.40 bits per heavy atom. The topological polar surface area (TPSA) is 49.8 Å². The zero-order valence-corrected chi connectivity index (χ0v) is 11.8. The molecule has 0 aliphatic heterocycles. The van der Waals surface area contributed by atoms with Crippen molar-refractivity contribution >= 4 is 11.6 Å². The minimum absolute atomic E-state index is 0.0258. The van der Waals surface area contributed by atoms with Crippen LogP contribution in [0.2, 0.25) is 0 Å². The molecule has 0 atom stereocenters. The van der Waals surface area contributed by atoms with Gasteiger partial charge in [0, 0.05) is 12.7 Å². The van der Waals surface area contributed by atoms with Gasteiger partial charge >= 0.3 is 0 Å². The smallest absolute Gasteiger partial charge is 0.261 e. The third kappa shape index (κ3) is 2.59. The van der Waals surface area contributed by atoms with E-state index in [1.54, 1.807) is 63.5 Å². The van der Waals surface area contributed by atoms with Crippen molar-refractivity contribution in [3.63, 3.8) is 0 Å². The molecule has 1 N–H and O–H groups in total. The van der Waals surface area contributed by atoms with E-state index in [0.717, 1.165) is 11.4 Å². The lowest BCUT2D eigenvalue weighted by atomic mass is 10.1. The van der Waals surface area contributed by atoms with Crippen molar-refractivity contribution in [1.29, 1.82) is 0 Å². The number of aryl methyl sites for hydroxylation is 1. The average Bonchev–Trinajstić information content (AvgIpc) is 2.48. The van der Waals surface area contributed by atoms with Gasteiger partial charge in [0.25, 0.3) is 5.91 Å². The molecule has 4 heteroatoms. The monoisotopic (exact) mass is 271 g/mol. The molecule has 0 unspecified atom stereocenters. The van der Waals surface area contributed by atoms with Crippen molar-refractivity contribution < 1.29 is 14.6 Å². The zero-order valence-electron chi connectivity index (χ0n) is 11.8. The molecule has 2 aromatic carbocycles. The number of aromatic hydroxyl groups is 1. The van der Waals surface area contributed by atoms with Gasteiger partial charge in [0.1, 0.15) is 11.5 Å². The van der Waals surface area contributed by atoms with E-state index in [-0.39, 0.29) is 11.7 Å². The number of para-hydroxylation sites is 1. The highest BCUT2D eigenvalue weighted by atomic mass is 16.5. The lowest BCUT2D eigenvalue weighted by Crippen LogP contribution is -2.26. The molecule has 0 fully saturated rings. The summed E-state index contributed by atoms with van der Waals surface area (Å²) < 4.78 is 5.09. The van der Waals surface area contributed by atoms with E-state index < -0.39 is 0 Å². The number of benzene rings is 2. The molecule has 0 saturated heterocycles. The van der Waals surface area contributed by atoms with Crippen molar-refractivity contribution in [3.05, 3.63) is 53.6 Å². The average molecular weight is 271 g/mol. The number of amides is 1. The van der Waals surface area contributed by atoms with Crippen LogP contribution in [0.1, 0.15) is 15.9 Å². The fraction of sp³-hybridized carbons (Fsp3) is 0.188. The van der Waals surface area contributed by atoms with Gasteiger partial charge in [0.2, 0.25) is 0 Å². The standard InChI is InChI=1S/C16H17NO3/c1-11-5-4-6-14(15(11)18)16(19)17(2)12-7-9-13(20-3)10-8-12/h4-10,18H,1-3H3. The van der Waals surface area contributed by atoms with Crippen LogP contribution in [-0.4, -0.2) is 25.2 Å². The predicted octanol–water partition coefficient (Wildman–Crippen LogP) is 2.99. The Morgan fingerprint density at radius 2 is 1.80 bits per heavy atom. The Bertz CT molecular complexity index is 620. The Hall–Kier alpha value is -2.49. The molecule has 0 aliphatic rings. The summed E-state index contributed by atoms with van der Waals surface area (Å²) in [5.74, 6) is 0.502. The molecule has 20 heavy (non-hydrogen) atoms. The van der Waals surface area contributed by atoms with Crippen LogP contribution in [0.4, 0.5) is 5.69 Å². The van der Waals surface area contributed by atoms with Gasteiger partial charge in [-0.2, -0.15) is 0 Å². The maximum absolute atomic E-state index is 12.4. The number of nitrogens with zero attached hydrogens (tertiary/aromatic N) is 1. The lowest BCUT2D eigenvalue weighted by molar-refractivity contribution is 0.0990. The van der Waals surface area contributed by atoms with Crippen LogP contribution in [0.25, 0.3) is 0 Å². The molecule has 0 aliphatic carbocycles. The second kappa shape index (κ2) is 5.65. The van der Waals surface area contributed by atoms with Crippen molar-refractivity contribution in [3.8, 4) is 11.5 Å². The molecule has 0 saturated carbocycles. The van der Waals surface area contributed by atoms with Gasteiger partial charge in [-0.25, -0.2) is 0 Å². The fourth-order valence-corrected chi connectivity index (χ4v) is 1.94. The van der Waals surface area contributed by atoms with Gasteiger partial charge < -0.3 is 14.7 Å². The van der Waals surface area contributed by atoms with E-state index in [9.17, 15) is 9.90 Å². The molecule has 0 bridgehead atoms. The Balaban J connectivity index is 2.29. The minimum Gasteiger partial charge on any atom is -0.507 e. The van der Waals surface area contributed by atoms with Crippen LogP contribution in [0.5, 0.6) is 11.5 Å². The molecule has 4 nitrogen and oxygen atoms in total. The highest BCUT2D eigenvalue weighted by Crippen LogP contribution is 2.25. The number of carbonyl (C=O) groups is 1. The Kier molecular flexibility index (Phi) is 3.94. The van der Waals surface area contributed by atoms with Crippen LogP contribution in [0.3, 0.4) is 0 Å². The number of anilines is 1. The van der Waals surface area contributed by atoms with E-state index in [4.69, 9.17) is 4.74 Å². The summed E-state index contributed by atoms with van der Waals surface area (Å²) in [6, 6.07) is 12.3. The highest BCUT2D eigenvalue weighted by Gasteiger charge is 2.17. The van der Waals surface area contributed by atoms with Crippen LogP contribution in [0.15, 0.2) is 42.5 Å². The van der Waals surface area contributed by atoms with Gasteiger partial charge in [-0.3, -0.25) is 4.79 Å². The number of carbonyl (C=O) groups excluding carboxylic acids is 1. The summed E-state index contributed by atoms with van der Waals surface area (Å²) in [5.41, 5.74) is 1.71. The maximum Gasteiger partial charge on any atom is 0.261 e. The summed E-state index contributed by atoms with van der Waals surface area (Å²) >= 11 is 0. The first-order valence-electron chi connectivity index (χ1n) is 6.25. The predicted molar refractivity (Wildman–Crippen MR) is 78.6 cm³/mol. The van der Waals surface area contributed by atoms with Gasteiger partial charge in [-0.1, -0.05) is 12.1 Å². The van der Waals surface area contributed by atoms with E-state index in [2.05, 4.69) is 0 Å². The molecule has 2 aromatic rings. The third-order valence-corrected chi connectivity index (χ3v) is 3.23. The quantitative estimate of drug-likeness (QED) is 0.933. The number of phenolic OH excluding ortho intramolecular Hbond substituents is 1. The molecule has 104 valence electrons. The SMILES string of the molecule is COc1ccc(N(C)C(=O)c2cccc(C)c2O)cc1. The van der Waals surface area contributed by atoms with Gasteiger partial charge in [0.15, 0.2) is 0 Å². The lowest BCUT2D eigenvalue weighted by Gasteiger charge is -2.18. The van der Waals surface area contributed by atoms with Crippen LogP contribution in [0, 0.1) is 6.92 Å². The van der Waals surface area contributed by atoms with Crippen LogP contribution in [-0.2, 0) is 0 Å². The molecule has 0 aromatic heterocycles. The van der Waals surface area contributed by atoms with Crippen molar-refractivity contribution in [2.24, 2.45) is 0 Å². The van der Waals surface area contributed by atoms with E-state index >= 15 is 0 Å². The Labute approximate surface area is 118 Å². The summed E-state index contributed by atoms with van der Waals surface area (Å²) in [7, 11) is 3.26. The number of phenols is 1. The van der Waals surface area contributed by atoms with Crippen molar-refractivity contribution in [2.45, 2.75) is 6.92 Å². The molecule has 0 spiro atoms. The van der Waals surface area contributed by atoms with E-state index in [1.807, 2.05) is 0 Å². The highest BCUT2D eigenvalue weighted by molar-refractivity contribution is 6.07. The number of hydrogen-bond acceptors (Lipinski definition) is 3. The number of ether oxygens (including phenoxy) is 1. The van der Waals surface area contributed by atoms with Crippen molar-refractivity contribution in [1.82, 2.24) is 0 Å². The maximum atomic E-state index is 12.4. The van der Waals surface area contributed by atoms with Gasteiger partial charge in [0.05, 0.1) is 12.7 Å². The molecule has 0 radical (unpaired) electrons. The molecular formula is C16H17NO3. The van der Waals surface area contributed by atoms with Gasteiger partial charge in [-0.05, 0) is 42.8 Å². The molecule has 1 amide bonds. The molecule has 0 heterocycles. The largest absolute Gasteiger partial charge is 0.507 e. The molecular weight excluding hydrogens is 254 g/mol. The summed E-state index contributed by atoms with van der Waals surface area (Å²) in [4.78, 5) is 13.9. The van der Waals surface area contributed by atoms with Crippen LogP contribution >= 0.6 is 0 Å². The van der Waals surface area contributed by atoms with Crippen molar-refractivity contribution in [2.75, 3.05) is 19.1 Å². The summed E-state index contributed by atoms with van der Waals surface area (Å²) in [6.45, 7) is 1.76. The van der Waals surface area contributed by atoms with Gasteiger partial charge in [-0.15, -0.1) is 0 Å². The fourth-order valence-electron chi connectivity index (χ4n) is 1.94. The normalized spacial score (nSPS) is 10.2. The second-order valence-electron chi connectivity index (χ2n) is 4.53. The summed E-state index contributed by atoms with van der Waals surface area (Å²) in [6.07, 6.45) is 0. The van der Waals surface area contributed by atoms with Crippen LogP contribution < -0.4 is 9.64 Å². The third-order valence-electron chi connectivity index (χ3n) is 3.23. The number of hydrogen-bond donors (Lipinski definition) is 1. The van der Waals surface area contributed by atoms with E-state index in [1.165, 1.54) is 4.90 Å². The minimum atomic E-state index is -0.253. The summed E-state index contributed by atoms with van der Waals surface area (Å²) in [5, 5.41) is 9.98. The Morgan fingerprint density at radius 1 is 1.15 bits per heavy atom. The van der Waals surface area contributed by atoms with E-state index in [0.29, 0.717) is 11.1 Å². The first kappa shape index (κ1) is 13.9. The second-order valence-corrected chi connectivity index (χ2v) is 4.53. The number of methoxy groups -OCH3 is 1. The zero-order chi connectivity index (χ0) is 14.7. The first-order valence-corrected chi connectivity index (χ1v) is 6.25. The first-order chi connectivity index (χ1) is 9.54. The number of rotatable bonds is 3.